The second-order valence-electron chi connectivity index (χ2n) is 10.7. The van der Waals surface area contributed by atoms with E-state index in [0.29, 0.717) is 44.4 Å². The van der Waals surface area contributed by atoms with Gasteiger partial charge in [0.05, 0.1) is 0 Å². The molecule has 0 unspecified atom stereocenters. The predicted molar refractivity (Wildman–Crippen MR) is 172 cm³/mol. The van der Waals surface area contributed by atoms with Crippen LogP contribution in [0.4, 0.5) is 11.4 Å². The van der Waals surface area contributed by atoms with E-state index < -0.39 is 23.1 Å². The molecule has 2 N–H and O–H groups in total. The molecule has 44 heavy (non-hydrogen) atoms. The van der Waals surface area contributed by atoms with Gasteiger partial charge < -0.3 is 19.5 Å². The van der Waals surface area contributed by atoms with Crippen molar-refractivity contribution in [3.63, 3.8) is 0 Å². The molecule has 0 spiro atoms. The lowest BCUT2D eigenvalue weighted by Gasteiger charge is -2.14. The van der Waals surface area contributed by atoms with E-state index in [9.17, 15) is 19.2 Å². The van der Waals surface area contributed by atoms with E-state index in [1.165, 1.54) is 0 Å². The molecule has 0 aliphatic carbocycles. The van der Waals surface area contributed by atoms with Crippen molar-refractivity contribution in [1.29, 1.82) is 0 Å². The van der Waals surface area contributed by atoms with Crippen molar-refractivity contribution in [1.82, 2.24) is 0 Å². The molecule has 2 heterocycles. The highest BCUT2D eigenvalue weighted by molar-refractivity contribution is 6.12. The molecule has 7 rings (SSSR count). The lowest BCUT2D eigenvalue weighted by atomic mass is 10.0. The van der Waals surface area contributed by atoms with Gasteiger partial charge in [-0.05, 0) is 82.9 Å². The van der Waals surface area contributed by atoms with Crippen molar-refractivity contribution in [3.05, 3.63) is 140 Å². The zero-order valence-corrected chi connectivity index (χ0v) is 23.7. The summed E-state index contributed by atoms with van der Waals surface area (Å²) in [6.45, 7) is 3.52. The fourth-order valence-corrected chi connectivity index (χ4v) is 5.52. The molecule has 7 aromatic rings. The van der Waals surface area contributed by atoms with Crippen molar-refractivity contribution in [3.8, 4) is 0 Å². The number of hydrogen-bond donors (Lipinski definition) is 2. The van der Waals surface area contributed by atoms with Crippen LogP contribution in [0.25, 0.3) is 43.5 Å². The van der Waals surface area contributed by atoms with Crippen LogP contribution in [0, 0.1) is 13.8 Å². The SMILES string of the molecule is Cc1cc(NC(=O)c2cc3c(ccc4ccccc43)oc2=O)c(C)cc1NC(=O)c1cc2c(ccc3ccccc32)oc1=O. The molecule has 0 fully saturated rings. The number of rotatable bonds is 4. The molecule has 214 valence electrons. The van der Waals surface area contributed by atoms with Crippen LogP contribution in [-0.4, -0.2) is 11.8 Å². The summed E-state index contributed by atoms with van der Waals surface area (Å²) in [6.07, 6.45) is 0. The molecular formula is C36H24N2O6. The third-order valence-corrected chi connectivity index (χ3v) is 7.84. The van der Waals surface area contributed by atoms with Crippen molar-refractivity contribution < 1.29 is 18.4 Å². The van der Waals surface area contributed by atoms with Gasteiger partial charge in [0.1, 0.15) is 22.3 Å². The Labute approximate surface area is 249 Å². The number of fused-ring (bicyclic) bond motifs is 6. The monoisotopic (exact) mass is 580 g/mol. The molecule has 0 bridgehead atoms. The van der Waals surface area contributed by atoms with Gasteiger partial charge in [0, 0.05) is 22.1 Å². The van der Waals surface area contributed by atoms with Gasteiger partial charge in [0.15, 0.2) is 0 Å². The second-order valence-corrected chi connectivity index (χ2v) is 10.7. The summed E-state index contributed by atoms with van der Waals surface area (Å²) < 4.78 is 11.0. The summed E-state index contributed by atoms with van der Waals surface area (Å²) in [6, 6.07) is 28.9. The number of aryl methyl sites for hydroxylation is 2. The van der Waals surface area contributed by atoms with E-state index in [1.807, 2.05) is 60.7 Å². The quantitative estimate of drug-likeness (QED) is 0.166. The minimum Gasteiger partial charge on any atom is -0.422 e. The van der Waals surface area contributed by atoms with Gasteiger partial charge in [-0.25, -0.2) is 9.59 Å². The molecule has 8 heteroatoms. The van der Waals surface area contributed by atoms with E-state index in [2.05, 4.69) is 10.6 Å². The van der Waals surface area contributed by atoms with E-state index in [0.717, 1.165) is 21.5 Å². The highest BCUT2D eigenvalue weighted by atomic mass is 16.4. The molecule has 0 saturated heterocycles. The first-order chi connectivity index (χ1) is 21.3. The standard InChI is InChI=1S/C36H24N2O6/c1-19-15-30(38-34(40)28-18-26-24-10-6-4-8-22(24)12-14-32(26)44-36(28)42)20(2)16-29(19)37-33(39)27-17-25-23-9-5-3-7-21(23)11-13-31(25)43-35(27)41/h3-18H,1-2H3,(H,37,39)(H,38,40). The Morgan fingerprint density at radius 1 is 0.523 bits per heavy atom. The van der Waals surface area contributed by atoms with Crippen LogP contribution in [0.5, 0.6) is 0 Å². The Bertz CT molecular complexity index is 2280. The maximum Gasteiger partial charge on any atom is 0.349 e. The largest absolute Gasteiger partial charge is 0.422 e. The van der Waals surface area contributed by atoms with Crippen molar-refractivity contribution >= 4 is 66.7 Å². The fourth-order valence-electron chi connectivity index (χ4n) is 5.52. The molecule has 0 aliphatic rings. The molecular weight excluding hydrogens is 556 g/mol. The first-order valence-corrected chi connectivity index (χ1v) is 13.9. The van der Waals surface area contributed by atoms with Crippen LogP contribution in [0.15, 0.2) is 115 Å². The Morgan fingerprint density at radius 2 is 0.932 bits per heavy atom. The summed E-state index contributed by atoms with van der Waals surface area (Å²) >= 11 is 0. The fraction of sp³-hybridized carbons (Fsp3) is 0.0556. The van der Waals surface area contributed by atoms with E-state index >= 15 is 0 Å². The topological polar surface area (TPSA) is 119 Å². The van der Waals surface area contributed by atoms with Gasteiger partial charge >= 0.3 is 11.3 Å². The average Bonchev–Trinajstić information content (AvgIpc) is 3.02. The van der Waals surface area contributed by atoms with Crippen molar-refractivity contribution in [2.75, 3.05) is 10.6 Å². The van der Waals surface area contributed by atoms with E-state index in [-0.39, 0.29) is 11.1 Å². The Balaban J connectivity index is 1.18. The highest BCUT2D eigenvalue weighted by Crippen LogP contribution is 2.29. The van der Waals surface area contributed by atoms with Crippen LogP contribution >= 0.6 is 0 Å². The van der Waals surface area contributed by atoms with Gasteiger partial charge in [0.2, 0.25) is 0 Å². The molecule has 2 amide bonds. The van der Waals surface area contributed by atoms with Gasteiger partial charge in [-0.3, -0.25) is 9.59 Å². The number of anilines is 2. The number of nitrogens with one attached hydrogen (secondary N) is 2. The van der Waals surface area contributed by atoms with Crippen LogP contribution in [0.2, 0.25) is 0 Å². The van der Waals surface area contributed by atoms with Crippen LogP contribution in [0.3, 0.4) is 0 Å². The Hall–Kier alpha value is -6.02. The molecule has 8 nitrogen and oxygen atoms in total. The van der Waals surface area contributed by atoms with E-state index in [4.69, 9.17) is 8.83 Å². The molecule has 0 atom stereocenters. The minimum absolute atomic E-state index is 0.126. The number of amides is 2. The summed E-state index contributed by atoms with van der Waals surface area (Å²) in [7, 11) is 0. The number of benzene rings is 5. The second kappa shape index (κ2) is 10.4. The van der Waals surface area contributed by atoms with Gasteiger partial charge in [0.25, 0.3) is 11.8 Å². The third kappa shape index (κ3) is 4.59. The lowest BCUT2D eigenvalue weighted by molar-refractivity contribution is 0.101. The highest BCUT2D eigenvalue weighted by Gasteiger charge is 2.19. The molecule has 2 aromatic heterocycles. The Morgan fingerprint density at radius 3 is 1.36 bits per heavy atom. The first-order valence-electron chi connectivity index (χ1n) is 13.9. The van der Waals surface area contributed by atoms with Crippen LogP contribution in [-0.2, 0) is 0 Å². The maximum absolute atomic E-state index is 13.3. The predicted octanol–water partition coefficient (Wildman–Crippen LogP) is 7.33. The Kier molecular flexibility index (Phi) is 6.32. The van der Waals surface area contributed by atoms with Gasteiger partial charge in [-0.2, -0.15) is 0 Å². The molecule has 0 aliphatic heterocycles. The summed E-state index contributed by atoms with van der Waals surface area (Å²) in [5.41, 5.74) is 1.22. The number of hydrogen-bond acceptors (Lipinski definition) is 6. The smallest absolute Gasteiger partial charge is 0.349 e. The van der Waals surface area contributed by atoms with Gasteiger partial charge in [-0.15, -0.1) is 0 Å². The van der Waals surface area contributed by atoms with Crippen LogP contribution in [0.1, 0.15) is 31.8 Å². The first kappa shape index (κ1) is 26.9. The molecule has 5 aromatic carbocycles. The van der Waals surface area contributed by atoms with Crippen molar-refractivity contribution in [2.45, 2.75) is 13.8 Å². The zero-order valence-electron chi connectivity index (χ0n) is 23.7. The van der Waals surface area contributed by atoms with Crippen molar-refractivity contribution in [2.24, 2.45) is 0 Å². The van der Waals surface area contributed by atoms with E-state index in [1.54, 1.807) is 50.2 Å². The average molecular weight is 581 g/mol. The normalized spacial score (nSPS) is 11.3. The molecule has 0 saturated carbocycles. The minimum atomic E-state index is -0.745. The summed E-state index contributed by atoms with van der Waals surface area (Å²) in [5.74, 6) is -1.23. The zero-order chi connectivity index (χ0) is 30.5. The summed E-state index contributed by atoms with van der Waals surface area (Å²) in [4.78, 5) is 52.0. The lowest BCUT2D eigenvalue weighted by Crippen LogP contribution is -2.22. The van der Waals surface area contributed by atoms with Gasteiger partial charge in [-0.1, -0.05) is 60.7 Å². The number of carbonyl (C=O) groups excluding carboxylic acids is 2. The maximum atomic E-state index is 13.3. The summed E-state index contributed by atoms with van der Waals surface area (Å²) in [5, 5.41) is 10.6. The number of carbonyl (C=O) groups is 2. The third-order valence-electron chi connectivity index (χ3n) is 7.84. The molecule has 0 radical (unpaired) electrons. The van der Waals surface area contributed by atoms with Crippen LogP contribution < -0.4 is 21.9 Å².